The third-order valence-electron chi connectivity index (χ3n) is 12.1. The maximum Gasteiger partial charge on any atom is 0.410 e. The maximum atomic E-state index is 13.6. The second kappa shape index (κ2) is 18.0. The number of piperidine rings is 2. The largest absolute Gasteiger partial charge is 0.497 e. The van der Waals surface area contributed by atoms with Gasteiger partial charge >= 0.3 is 12.1 Å². The summed E-state index contributed by atoms with van der Waals surface area (Å²) in [4.78, 5) is 58.2. The van der Waals surface area contributed by atoms with Crippen LogP contribution in [0.3, 0.4) is 0 Å². The molecule has 8 rings (SSSR count). The summed E-state index contributed by atoms with van der Waals surface area (Å²) in [6.07, 6.45) is 6.86. The van der Waals surface area contributed by atoms with Crippen LogP contribution in [-0.4, -0.2) is 107 Å². The summed E-state index contributed by atoms with van der Waals surface area (Å²) < 4.78 is 17.3. The van der Waals surface area contributed by atoms with Crippen LogP contribution >= 0.6 is 0 Å². The minimum atomic E-state index is -0.547. The van der Waals surface area contributed by atoms with Gasteiger partial charge in [-0.15, -0.1) is 0 Å². The van der Waals surface area contributed by atoms with Gasteiger partial charge < -0.3 is 29.3 Å². The van der Waals surface area contributed by atoms with Crippen LogP contribution in [0.25, 0.3) is 0 Å². The zero-order valence-electron chi connectivity index (χ0n) is 36.1. The van der Waals surface area contributed by atoms with E-state index >= 15 is 0 Å². The number of nitrogens with zero attached hydrogens (tertiary/aromatic N) is 7. The van der Waals surface area contributed by atoms with Crippen LogP contribution in [0.1, 0.15) is 75.3 Å². The molecule has 3 fully saturated rings. The number of likely N-dealkylation sites (tertiary alicyclic amines) is 1. The number of methoxy groups -OCH3 is 1. The molecular formula is C47H58N8O6. The van der Waals surface area contributed by atoms with Crippen molar-refractivity contribution in [3.63, 3.8) is 0 Å². The number of amides is 4. The minimum absolute atomic E-state index is 0.152. The highest BCUT2D eigenvalue weighted by Gasteiger charge is 2.34. The third kappa shape index (κ3) is 10.0. The van der Waals surface area contributed by atoms with Crippen LogP contribution in [0.5, 0.6) is 11.5 Å². The van der Waals surface area contributed by atoms with Crippen molar-refractivity contribution in [2.24, 2.45) is 0 Å². The molecule has 0 saturated carbocycles. The Labute approximate surface area is 358 Å². The van der Waals surface area contributed by atoms with Crippen molar-refractivity contribution < 1.29 is 28.6 Å². The first kappa shape index (κ1) is 41.8. The number of anilines is 4. The van der Waals surface area contributed by atoms with Crippen LogP contribution in [0.2, 0.25) is 0 Å². The Balaban J connectivity index is 0.779. The van der Waals surface area contributed by atoms with Crippen molar-refractivity contribution in [3.05, 3.63) is 95.3 Å². The predicted molar refractivity (Wildman–Crippen MR) is 235 cm³/mol. The van der Waals surface area contributed by atoms with E-state index in [1.54, 1.807) is 16.9 Å². The molecule has 0 spiro atoms. The van der Waals surface area contributed by atoms with Gasteiger partial charge in [-0.2, -0.15) is 0 Å². The molecule has 14 heteroatoms. The molecule has 0 aliphatic carbocycles. The highest BCUT2D eigenvalue weighted by Crippen LogP contribution is 2.32. The van der Waals surface area contributed by atoms with Gasteiger partial charge in [-0.3, -0.25) is 19.5 Å². The molecule has 61 heavy (non-hydrogen) atoms. The molecule has 4 aliphatic rings. The number of hydrogen-bond donors (Lipinski definition) is 1. The van der Waals surface area contributed by atoms with Gasteiger partial charge in [0, 0.05) is 75.0 Å². The molecule has 0 unspecified atom stereocenters. The Kier molecular flexibility index (Phi) is 12.3. The number of urea groups is 1. The molecular weight excluding hydrogens is 773 g/mol. The molecule has 4 aliphatic heterocycles. The van der Waals surface area contributed by atoms with E-state index in [4.69, 9.17) is 19.2 Å². The van der Waals surface area contributed by atoms with Crippen LogP contribution < -0.4 is 24.6 Å². The first-order valence-electron chi connectivity index (χ1n) is 21.6. The number of aryl methyl sites for hydroxylation is 1. The molecule has 0 radical (unpaired) electrons. The predicted octanol–water partition coefficient (Wildman–Crippen LogP) is 7.70. The molecule has 0 bridgehead atoms. The van der Waals surface area contributed by atoms with Crippen LogP contribution in [0, 0.1) is 6.92 Å². The van der Waals surface area contributed by atoms with E-state index in [-0.39, 0.29) is 30.7 Å². The normalized spacial score (nSPS) is 18.2. The fourth-order valence-electron chi connectivity index (χ4n) is 8.75. The molecule has 5 heterocycles. The van der Waals surface area contributed by atoms with Crippen molar-refractivity contribution in [1.82, 2.24) is 24.7 Å². The molecule has 322 valence electrons. The molecule has 4 amide bonds. The summed E-state index contributed by atoms with van der Waals surface area (Å²) >= 11 is 0. The van der Waals surface area contributed by atoms with Crippen molar-refractivity contribution in [2.45, 2.75) is 97.1 Å². The number of aromatic nitrogens is 2. The van der Waals surface area contributed by atoms with Crippen molar-refractivity contribution in [3.8, 4) is 11.5 Å². The van der Waals surface area contributed by atoms with Gasteiger partial charge in [0.15, 0.2) is 0 Å². The number of nitrogens with one attached hydrogen (secondary N) is 1. The van der Waals surface area contributed by atoms with Gasteiger partial charge in [-0.25, -0.2) is 19.6 Å². The molecule has 3 aromatic carbocycles. The van der Waals surface area contributed by atoms with Crippen LogP contribution in [0.15, 0.2) is 72.9 Å². The lowest BCUT2D eigenvalue weighted by Gasteiger charge is -2.42. The Hall–Kier alpha value is -5.89. The second-order valence-electron chi connectivity index (χ2n) is 17.5. The SMILES string of the molecule is COc1ccc(CN2C(=O)CCN(c3ccc(N4CCC(N5CCC(Oc6ccc(Nc7ncc8c(n7)CN(C(=O)OC(C)(C)C)CC8)cc6)CC5)CC4)cc3C)C2=O)cc1. The lowest BCUT2D eigenvalue weighted by Crippen LogP contribution is -2.52. The lowest BCUT2D eigenvalue weighted by atomic mass is 9.98. The second-order valence-corrected chi connectivity index (χ2v) is 17.5. The average molecular weight is 831 g/mol. The molecule has 4 aromatic rings. The van der Waals surface area contributed by atoms with E-state index in [1.165, 1.54) is 10.6 Å². The third-order valence-corrected chi connectivity index (χ3v) is 12.1. The van der Waals surface area contributed by atoms with Crippen molar-refractivity contribution in [1.29, 1.82) is 0 Å². The number of ether oxygens (including phenoxy) is 3. The first-order chi connectivity index (χ1) is 29.4. The number of rotatable bonds is 10. The first-order valence-corrected chi connectivity index (χ1v) is 21.6. The topological polar surface area (TPSA) is 133 Å². The number of carbonyl (C=O) groups is 3. The number of hydrogen-bond acceptors (Lipinski definition) is 11. The average Bonchev–Trinajstić information content (AvgIpc) is 3.26. The smallest absolute Gasteiger partial charge is 0.410 e. The number of benzene rings is 3. The Bertz CT molecular complexity index is 2190. The van der Waals surface area contributed by atoms with Gasteiger partial charge in [0.1, 0.15) is 23.2 Å². The Morgan fingerprint density at radius 1 is 0.852 bits per heavy atom. The monoisotopic (exact) mass is 830 g/mol. The maximum absolute atomic E-state index is 13.6. The number of imide groups is 1. The zero-order valence-corrected chi connectivity index (χ0v) is 36.1. The number of carbonyl (C=O) groups excluding carboxylic acids is 3. The van der Waals surface area contributed by atoms with E-state index in [9.17, 15) is 14.4 Å². The molecule has 0 atom stereocenters. The van der Waals surface area contributed by atoms with Gasteiger partial charge in [0.05, 0.1) is 25.9 Å². The van der Waals surface area contributed by atoms with E-state index in [1.807, 2.05) is 81.6 Å². The van der Waals surface area contributed by atoms with Gasteiger partial charge in [-0.05, 0) is 131 Å². The quantitative estimate of drug-likeness (QED) is 0.169. The highest BCUT2D eigenvalue weighted by atomic mass is 16.6. The Morgan fingerprint density at radius 2 is 1.57 bits per heavy atom. The summed E-state index contributed by atoms with van der Waals surface area (Å²) in [7, 11) is 1.61. The molecule has 14 nitrogen and oxygen atoms in total. The zero-order chi connectivity index (χ0) is 42.7. The minimum Gasteiger partial charge on any atom is -0.497 e. The van der Waals surface area contributed by atoms with Gasteiger partial charge in [0.2, 0.25) is 11.9 Å². The summed E-state index contributed by atoms with van der Waals surface area (Å²) in [5.41, 5.74) is 6.12. The summed E-state index contributed by atoms with van der Waals surface area (Å²) in [5, 5.41) is 3.30. The van der Waals surface area contributed by atoms with Crippen molar-refractivity contribution >= 4 is 41.0 Å². The number of fused-ring (bicyclic) bond motifs is 1. The van der Waals surface area contributed by atoms with Gasteiger partial charge in [-0.1, -0.05) is 12.1 Å². The van der Waals surface area contributed by atoms with E-state index in [2.05, 4.69) is 39.2 Å². The van der Waals surface area contributed by atoms with Crippen LogP contribution in [0.4, 0.5) is 32.6 Å². The molecule has 1 N–H and O–H groups in total. The lowest BCUT2D eigenvalue weighted by molar-refractivity contribution is -0.129. The highest BCUT2D eigenvalue weighted by molar-refractivity contribution is 6.06. The van der Waals surface area contributed by atoms with Gasteiger partial charge in [0.25, 0.3) is 0 Å². The molecule has 3 saturated heterocycles. The fourth-order valence-corrected chi connectivity index (χ4v) is 8.75. The summed E-state index contributed by atoms with van der Waals surface area (Å²) in [6, 6.07) is 22.0. The standard InChI is InChI=1S/C47H58N8O6/c1-32-28-37(10-15-42(32)54-27-21-43(56)55(45(54)57)30-33-6-11-38(59-5)12-7-33)52-23-17-36(18-24-52)51-25-19-40(20-26-51)60-39-13-8-35(9-14-39)49-44-48-29-34-16-22-53(31-41(34)50-44)46(58)61-47(2,3)4/h6-15,28-29,36,40H,16-27,30-31H2,1-5H3,(H,48,49,50). The molecule has 1 aromatic heterocycles. The van der Waals surface area contributed by atoms with Crippen molar-refractivity contribution in [2.75, 3.05) is 61.5 Å². The fraction of sp³-hybridized carbons (Fsp3) is 0.468. The Morgan fingerprint density at radius 3 is 2.26 bits per heavy atom. The summed E-state index contributed by atoms with van der Waals surface area (Å²) in [5.74, 6) is 1.92. The van der Waals surface area contributed by atoms with E-state index in [0.717, 1.165) is 97.1 Å². The van der Waals surface area contributed by atoms with Crippen LogP contribution in [-0.2, 0) is 29.0 Å². The van der Waals surface area contributed by atoms with E-state index in [0.29, 0.717) is 44.5 Å². The van der Waals surface area contributed by atoms with E-state index < -0.39 is 5.60 Å². The summed E-state index contributed by atoms with van der Waals surface area (Å²) in [6.45, 7) is 13.2.